The van der Waals surface area contributed by atoms with Gasteiger partial charge >= 0.3 is 5.97 Å². The van der Waals surface area contributed by atoms with Crippen molar-refractivity contribution in [3.05, 3.63) is 35.4 Å². The minimum Gasteiger partial charge on any atom is -0.481 e. The lowest BCUT2D eigenvalue weighted by Crippen LogP contribution is -2.42. The zero-order valence-electron chi connectivity index (χ0n) is 11.1. The molecule has 3 heteroatoms. The van der Waals surface area contributed by atoms with E-state index < -0.39 is 5.97 Å². The Balaban J connectivity index is 2.05. The minimum atomic E-state index is -0.702. The number of hydrogen-bond donors (Lipinski definition) is 1. The molecule has 2 rings (SSSR count). The number of carbonyl (C=O) groups is 1. The molecule has 1 aromatic carbocycles. The molecule has 0 spiro atoms. The van der Waals surface area contributed by atoms with Crippen LogP contribution >= 0.6 is 0 Å². The second kappa shape index (κ2) is 5.11. The van der Waals surface area contributed by atoms with Gasteiger partial charge in [0, 0.05) is 24.9 Å². The summed E-state index contributed by atoms with van der Waals surface area (Å²) in [7, 11) is 0. The Bertz CT molecular complexity index is 440. The van der Waals surface area contributed by atoms with Gasteiger partial charge in [-0.3, -0.25) is 9.69 Å². The molecular weight excluding hydrogens is 226 g/mol. The summed E-state index contributed by atoms with van der Waals surface area (Å²) in [5.74, 6) is -0.702. The summed E-state index contributed by atoms with van der Waals surface area (Å²) >= 11 is 0. The molecule has 0 unspecified atom stereocenters. The largest absolute Gasteiger partial charge is 0.481 e. The lowest BCUT2D eigenvalue weighted by Gasteiger charge is -2.40. The first-order valence-electron chi connectivity index (χ1n) is 6.51. The molecular formula is C15H21NO2. The fraction of sp³-hybridized carbons (Fsp3) is 0.533. The second-order valence-electron chi connectivity index (χ2n) is 5.75. The third-order valence-electron chi connectivity index (χ3n) is 3.62. The van der Waals surface area contributed by atoms with Gasteiger partial charge < -0.3 is 5.11 Å². The van der Waals surface area contributed by atoms with Gasteiger partial charge in [0.25, 0.3) is 0 Å². The van der Waals surface area contributed by atoms with Crippen LogP contribution in [-0.4, -0.2) is 29.1 Å². The summed E-state index contributed by atoms with van der Waals surface area (Å²) in [6.07, 6.45) is 0.992. The number of benzene rings is 1. The lowest BCUT2D eigenvalue weighted by molar-refractivity contribution is -0.137. The number of rotatable bonds is 4. The zero-order chi connectivity index (χ0) is 13.2. The van der Waals surface area contributed by atoms with Gasteiger partial charge in [0.2, 0.25) is 0 Å². The lowest BCUT2D eigenvalue weighted by atomic mass is 9.78. The molecule has 0 atom stereocenters. The quantitative estimate of drug-likeness (QED) is 0.889. The van der Waals surface area contributed by atoms with Crippen LogP contribution in [0.1, 0.15) is 37.8 Å². The standard InChI is InChI=1S/C15H21NO2/c1-15(2)11-16(9-5-8-14(17)18)10-12-6-3-4-7-13(12)15/h3-4,6-7H,5,8-11H2,1-2H3,(H,17,18). The van der Waals surface area contributed by atoms with E-state index in [0.717, 1.165) is 26.1 Å². The molecule has 3 nitrogen and oxygen atoms in total. The fourth-order valence-corrected chi connectivity index (χ4v) is 2.87. The van der Waals surface area contributed by atoms with Crippen molar-refractivity contribution in [2.75, 3.05) is 13.1 Å². The van der Waals surface area contributed by atoms with Crippen molar-refractivity contribution in [1.29, 1.82) is 0 Å². The monoisotopic (exact) mass is 247 g/mol. The molecule has 0 fully saturated rings. The Morgan fingerprint density at radius 3 is 2.83 bits per heavy atom. The van der Waals surface area contributed by atoms with Crippen LogP contribution in [0.5, 0.6) is 0 Å². The maximum atomic E-state index is 10.5. The van der Waals surface area contributed by atoms with E-state index in [-0.39, 0.29) is 11.8 Å². The zero-order valence-corrected chi connectivity index (χ0v) is 11.1. The number of aliphatic carboxylic acids is 1. The number of carboxylic acids is 1. The molecule has 18 heavy (non-hydrogen) atoms. The van der Waals surface area contributed by atoms with Gasteiger partial charge in [-0.25, -0.2) is 0 Å². The Kier molecular flexibility index (Phi) is 3.71. The molecule has 0 amide bonds. The van der Waals surface area contributed by atoms with Crippen molar-refractivity contribution >= 4 is 5.97 Å². The molecule has 1 aliphatic heterocycles. The highest BCUT2D eigenvalue weighted by molar-refractivity contribution is 5.66. The fourth-order valence-electron chi connectivity index (χ4n) is 2.87. The maximum absolute atomic E-state index is 10.5. The Labute approximate surface area is 108 Å². The minimum absolute atomic E-state index is 0.151. The van der Waals surface area contributed by atoms with Crippen molar-refractivity contribution in [3.63, 3.8) is 0 Å². The van der Waals surface area contributed by atoms with Gasteiger partial charge in [-0.05, 0) is 24.1 Å². The smallest absolute Gasteiger partial charge is 0.303 e. The van der Waals surface area contributed by atoms with E-state index in [0.29, 0.717) is 0 Å². The third kappa shape index (κ3) is 2.91. The van der Waals surface area contributed by atoms with Crippen LogP contribution in [0.4, 0.5) is 0 Å². The first-order chi connectivity index (χ1) is 8.49. The molecule has 1 heterocycles. The van der Waals surface area contributed by atoms with E-state index in [1.54, 1.807) is 0 Å². The Morgan fingerprint density at radius 2 is 2.11 bits per heavy atom. The molecule has 1 aliphatic rings. The molecule has 0 bridgehead atoms. The molecule has 0 aromatic heterocycles. The number of carboxylic acid groups (broad SMARTS) is 1. The van der Waals surface area contributed by atoms with Gasteiger partial charge in [-0.2, -0.15) is 0 Å². The van der Waals surface area contributed by atoms with Crippen molar-refractivity contribution in [3.8, 4) is 0 Å². The summed E-state index contributed by atoms with van der Waals surface area (Å²) in [5, 5.41) is 8.68. The van der Waals surface area contributed by atoms with Crippen LogP contribution in [0.2, 0.25) is 0 Å². The van der Waals surface area contributed by atoms with Crippen LogP contribution in [0, 0.1) is 0 Å². The van der Waals surface area contributed by atoms with E-state index in [1.165, 1.54) is 11.1 Å². The topological polar surface area (TPSA) is 40.5 Å². The summed E-state index contributed by atoms with van der Waals surface area (Å²) < 4.78 is 0. The van der Waals surface area contributed by atoms with E-state index >= 15 is 0 Å². The van der Waals surface area contributed by atoms with E-state index in [9.17, 15) is 4.79 Å². The van der Waals surface area contributed by atoms with Crippen LogP contribution in [-0.2, 0) is 16.8 Å². The molecule has 0 saturated carbocycles. The van der Waals surface area contributed by atoms with Gasteiger partial charge in [-0.15, -0.1) is 0 Å². The van der Waals surface area contributed by atoms with Crippen LogP contribution in [0.25, 0.3) is 0 Å². The summed E-state index contributed by atoms with van der Waals surface area (Å²) in [5.41, 5.74) is 2.96. The molecule has 1 N–H and O–H groups in total. The van der Waals surface area contributed by atoms with Crippen molar-refractivity contribution in [2.45, 2.75) is 38.6 Å². The first kappa shape index (κ1) is 13.1. The van der Waals surface area contributed by atoms with Gasteiger partial charge in [0.15, 0.2) is 0 Å². The maximum Gasteiger partial charge on any atom is 0.303 e. The second-order valence-corrected chi connectivity index (χ2v) is 5.75. The molecule has 0 saturated heterocycles. The Hall–Kier alpha value is -1.35. The Morgan fingerprint density at radius 1 is 1.39 bits per heavy atom. The van der Waals surface area contributed by atoms with Crippen LogP contribution in [0.15, 0.2) is 24.3 Å². The van der Waals surface area contributed by atoms with Crippen molar-refractivity contribution in [2.24, 2.45) is 0 Å². The molecule has 0 aliphatic carbocycles. The van der Waals surface area contributed by atoms with Crippen LogP contribution < -0.4 is 0 Å². The SMILES string of the molecule is CC1(C)CN(CCCC(=O)O)Cc2ccccc21. The molecule has 0 radical (unpaired) electrons. The third-order valence-corrected chi connectivity index (χ3v) is 3.62. The van der Waals surface area contributed by atoms with Crippen LogP contribution in [0.3, 0.4) is 0 Å². The molecule has 98 valence electrons. The van der Waals surface area contributed by atoms with E-state index in [1.807, 2.05) is 0 Å². The normalized spacial score (nSPS) is 18.3. The van der Waals surface area contributed by atoms with Gasteiger partial charge in [0.05, 0.1) is 0 Å². The highest BCUT2D eigenvalue weighted by Gasteiger charge is 2.30. The number of hydrogen-bond acceptors (Lipinski definition) is 2. The number of fused-ring (bicyclic) bond motifs is 1. The average Bonchev–Trinajstić information content (AvgIpc) is 2.27. The van der Waals surface area contributed by atoms with Crippen molar-refractivity contribution < 1.29 is 9.90 Å². The highest BCUT2D eigenvalue weighted by Crippen LogP contribution is 2.33. The molecule has 1 aromatic rings. The summed E-state index contributed by atoms with van der Waals surface area (Å²) in [6.45, 7) is 7.33. The summed E-state index contributed by atoms with van der Waals surface area (Å²) in [4.78, 5) is 12.9. The van der Waals surface area contributed by atoms with E-state index in [2.05, 4.69) is 43.0 Å². The highest BCUT2D eigenvalue weighted by atomic mass is 16.4. The van der Waals surface area contributed by atoms with Crippen molar-refractivity contribution in [1.82, 2.24) is 4.90 Å². The van der Waals surface area contributed by atoms with E-state index in [4.69, 9.17) is 5.11 Å². The average molecular weight is 247 g/mol. The van der Waals surface area contributed by atoms with Gasteiger partial charge in [-0.1, -0.05) is 38.1 Å². The van der Waals surface area contributed by atoms with Gasteiger partial charge in [0.1, 0.15) is 0 Å². The predicted molar refractivity (Wildman–Crippen MR) is 71.6 cm³/mol. The predicted octanol–water partition coefficient (Wildman–Crippen LogP) is 2.64. The summed E-state index contributed by atoms with van der Waals surface area (Å²) in [6, 6.07) is 8.57. The number of nitrogens with zero attached hydrogens (tertiary/aromatic N) is 1. The first-order valence-corrected chi connectivity index (χ1v) is 6.51.